The lowest BCUT2D eigenvalue weighted by molar-refractivity contribution is -0.0510. The van der Waals surface area contributed by atoms with Crippen molar-refractivity contribution in [3.63, 3.8) is 0 Å². The van der Waals surface area contributed by atoms with Crippen molar-refractivity contribution in [2.45, 2.75) is 39.5 Å². The zero-order valence-electron chi connectivity index (χ0n) is 13.4. The molecule has 126 valence electrons. The second kappa shape index (κ2) is 7.10. The van der Waals surface area contributed by atoms with Crippen molar-refractivity contribution in [3.8, 4) is 5.75 Å². The molecule has 6 heteroatoms. The highest BCUT2D eigenvalue weighted by atomic mass is 19.3. The Morgan fingerprint density at radius 2 is 2.00 bits per heavy atom. The van der Waals surface area contributed by atoms with Gasteiger partial charge in [0.05, 0.1) is 0 Å². The molecular formula is C17H21F2NO3. The van der Waals surface area contributed by atoms with Gasteiger partial charge in [-0.15, -0.1) is 0 Å². The molecule has 0 aliphatic rings. The highest BCUT2D eigenvalue weighted by Crippen LogP contribution is 2.26. The van der Waals surface area contributed by atoms with Gasteiger partial charge in [-0.05, 0) is 38.5 Å². The Labute approximate surface area is 134 Å². The van der Waals surface area contributed by atoms with Gasteiger partial charge < -0.3 is 19.6 Å². The number of aryl methyl sites for hydroxylation is 2. The second-order valence-electron chi connectivity index (χ2n) is 5.73. The van der Waals surface area contributed by atoms with Crippen LogP contribution in [0.25, 0.3) is 0 Å². The van der Waals surface area contributed by atoms with Gasteiger partial charge in [0.25, 0.3) is 0 Å². The van der Waals surface area contributed by atoms with E-state index in [4.69, 9.17) is 4.42 Å². The van der Waals surface area contributed by atoms with Crippen molar-refractivity contribution in [3.05, 3.63) is 53.0 Å². The molecule has 1 heterocycles. The highest BCUT2D eigenvalue weighted by molar-refractivity contribution is 5.40. The van der Waals surface area contributed by atoms with Crippen LogP contribution in [0.4, 0.5) is 8.78 Å². The van der Waals surface area contributed by atoms with Crippen LogP contribution >= 0.6 is 0 Å². The SMILES string of the molecule is Cc1ccc(C(C)(O)CNCc2cccc(C)c2OC(F)F)o1. The van der Waals surface area contributed by atoms with Gasteiger partial charge in [-0.3, -0.25) is 0 Å². The average molecular weight is 325 g/mol. The van der Waals surface area contributed by atoms with E-state index in [-0.39, 0.29) is 12.3 Å². The fourth-order valence-corrected chi connectivity index (χ4v) is 2.36. The minimum Gasteiger partial charge on any atom is -0.463 e. The summed E-state index contributed by atoms with van der Waals surface area (Å²) in [5.41, 5.74) is 0.0525. The Morgan fingerprint density at radius 1 is 1.26 bits per heavy atom. The smallest absolute Gasteiger partial charge is 0.387 e. The van der Waals surface area contributed by atoms with Crippen molar-refractivity contribution in [2.75, 3.05) is 6.54 Å². The number of ether oxygens (including phenoxy) is 1. The number of hydrogen-bond acceptors (Lipinski definition) is 4. The van der Waals surface area contributed by atoms with Crippen molar-refractivity contribution in [1.29, 1.82) is 0 Å². The van der Waals surface area contributed by atoms with E-state index in [1.165, 1.54) is 0 Å². The van der Waals surface area contributed by atoms with Crippen LogP contribution in [0.15, 0.2) is 34.7 Å². The van der Waals surface area contributed by atoms with Gasteiger partial charge >= 0.3 is 6.61 Å². The van der Waals surface area contributed by atoms with Gasteiger partial charge in [-0.25, -0.2) is 0 Å². The van der Waals surface area contributed by atoms with E-state index in [1.807, 2.05) is 0 Å². The first kappa shape index (κ1) is 17.4. The first-order chi connectivity index (χ1) is 10.8. The van der Waals surface area contributed by atoms with Crippen molar-refractivity contribution >= 4 is 0 Å². The molecule has 2 aromatic rings. The van der Waals surface area contributed by atoms with Gasteiger partial charge in [0.2, 0.25) is 0 Å². The molecule has 1 atom stereocenters. The third kappa shape index (κ3) is 4.53. The first-order valence-corrected chi connectivity index (χ1v) is 7.33. The Kier molecular flexibility index (Phi) is 5.38. The molecule has 1 unspecified atom stereocenters. The normalized spacial score (nSPS) is 14.0. The summed E-state index contributed by atoms with van der Waals surface area (Å²) in [7, 11) is 0. The number of alkyl halides is 2. The molecule has 4 nitrogen and oxygen atoms in total. The number of furan rings is 1. The van der Waals surface area contributed by atoms with Gasteiger partial charge in [-0.1, -0.05) is 18.2 Å². The minimum absolute atomic E-state index is 0.170. The summed E-state index contributed by atoms with van der Waals surface area (Å²) >= 11 is 0. The topological polar surface area (TPSA) is 54.6 Å². The van der Waals surface area contributed by atoms with Gasteiger partial charge in [-0.2, -0.15) is 8.78 Å². The zero-order valence-corrected chi connectivity index (χ0v) is 13.4. The lowest BCUT2D eigenvalue weighted by atomic mass is 10.0. The molecule has 23 heavy (non-hydrogen) atoms. The highest BCUT2D eigenvalue weighted by Gasteiger charge is 2.26. The van der Waals surface area contributed by atoms with Crippen LogP contribution in [0, 0.1) is 13.8 Å². The van der Waals surface area contributed by atoms with Crippen LogP contribution in [-0.4, -0.2) is 18.3 Å². The molecule has 0 bridgehead atoms. The molecule has 2 rings (SSSR count). The second-order valence-corrected chi connectivity index (χ2v) is 5.73. The predicted molar refractivity (Wildman–Crippen MR) is 82.5 cm³/mol. The molecule has 1 aromatic carbocycles. The number of rotatable bonds is 7. The summed E-state index contributed by atoms with van der Waals surface area (Å²) in [4.78, 5) is 0. The number of para-hydroxylation sites is 1. The minimum atomic E-state index is -2.87. The summed E-state index contributed by atoms with van der Waals surface area (Å²) in [6.07, 6.45) is 0. The Morgan fingerprint density at radius 3 is 2.61 bits per heavy atom. The fraction of sp³-hybridized carbons (Fsp3) is 0.412. The fourth-order valence-electron chi connectivity index (χ4n) is 2.36. The third-order valence-electron chi connectivity index (χ3n) is 3.56. The van der Waals surface area contributed by atoms with E-state index in [0.29, 0.717) is 29.2 Å². The quantitative estimate of drug-likeness (QED) is 0.818. The van der Waals surface area contributed by atoms with Gasteiger partial charge in [0, 0.05) is 18.7 Å². The Bertz CT molecular complexity index is 653. The standard InChI is InChI=1S/C17H21F2NO3/c1-11-5-4-6-13(15(11)23-16(18)19)9-20-10-17(3,21)14-8-7-12(2)22-14/h4-8,16,20-21H,9-10H2,1-3H3. The van der Waals surface area contributed by atoms with Crippen LogP contribution in [0.3, 0.4) is 0 Å². The number of benzene rings is 1. The molecular weight excluding hydrogens is 304 g/mol. The Hall–Kier alpha value is -1.92. The molecule has 0 saturated heterocycles. The molecule has 0 fully saturated rings. The van der Waals surface area contributed by atoms with Crippen LogP contribution in [0.2, 0.25) is 0 Å². The largest absolute Gasteiger partial charge is 0.463 e. The molecule has 2 N–H and O–H groups in total. The monoisotopic (exact) mass is 325 g/mol. The van der Waals surface area contributed by atoms with E-state index in [0.717, 1.165) is 0 Å². The van der Waals surface area contributed by atoms with Crippen LogP contribution < -0.4 is 10.1 Å². The number of hydrogen-bond donors (Lipinski definition) is 2. The van der Waals surface area contributed by atoms with Gasteiger partial charge in [0.1, 0.15) is 22.9 Å². The summed E-state index contributed by atoms with van der Waals surface area (Å²) < 4.78 is 35.1. The zero-order chi connectivity index (χ0) is 17.0. The maximum Gasteiger partial charge on any atom is 0.387 e. The molecule has 0 saturated carbocycles. The summed E-state index contributed by atoms with van der Waals surface area (Å²) in [6, 6.07) is 8.69. The van der Waals surface area contributed by atoms with Gasteiger partial charge in [0.15, 0.2) is 0 Å². The lowest BCUT2D eigenvalue weighted by Gasteiger charge is -2.22. The van der Waals surface area contributed by atoms with E-state index < -0.39 is 12.2 Å². The van der Waals surface area contributed by atoms with E-state index >= 15 is 0 Å². The number of halogens is 2. The first-order valence-electron chi connectivity index (χ1n) is 7.33. The van der Waals surface area contributed by atoms with E-state index in [9.17, 15) is 13.9 Å². The average Bonchev–Trinajstić information content (AvgIpc) is 2.89. The number of aliphatic hydroxyl groups is 1. The summed E-state index contributed by atoms with van der Waals surface area (Å²) in [6.45, 7) is 2.77. The Balaban J connectivity index is 2.02. The van der Waals surface area contributed by atoms with Crippen LogP contribution in [-0.2, 0) is 12.1 Å². The molecule has 0 aliphatic carbocycles. The van der Waals surface area contributed by atoms with E-state index in [2.05, 4.69) is 10.1 Å². The molecule has 0 radical (unpaired) electrons. The molecule has 0 aliphatic heterocycles. The van der Waals surface area contributed by atoms with Crippen LogP contribution in [0.5, 0.6) is 5.75 Å². The summed E-state index contributed by atoms with van der Waals surface area (Å²) in [5.74, 6) is 1.34. The maximum atomic E-state index is 12.5. The number of nitrogens with one attached hydrogen (secondary N) is 1. The maximum absolute atomic E-state index is 12.5. The van der Waals surface area contributed by atoms with Crippen molar-refractivity contribution in [1.82, 2.24) is 5.32 Å². The van der Waals surface area contributed by atoms with Crippen molar-refractivity contribution < 1.29 is 23.0 Å². The predicted octanol–water partition coefficient (Wildman–Crippen LogP) is 3.50. The molecule has 0 spiro atoms. The molecule has 1 aromatic heterocycles. The van der Waals surface area contributed by atoms with E-state index in [1.54, 1.807) is 51.1 Å². The van der Waals surface area contributed by atoms with Crippen LogP contribution in [0.1, 0.15) is 29.6 Å². The third-order valence-corrected chi connectivity index (χ3v) is 3.56. The lowest BCUT2D eigenvalue weighted by Crippen LogP contribution is -2.34. The van der Waals surface area contributed by atoms with Crippen molar-refractivity contribution in [2.24, 2.45) is 0 Å². The molecule has 0 amide bonds. The summed E-state index contributed by atoms with van der Waals surface area (Å²) in [5, 5.41) is 13.5.